The Morgan fingerprint density at radius 3 is 1.52 bits per heavy atom. The number of rotatable bonds is 6. The highest BCUT2D eigenvalue weighted by Crippen LogP contribution is 2.22. The normalized spacial score (nSPS) is 10.9. The lowest BCUT2D eigenvalue weighted by Gasteiger charge is -2.08. The molecule has 7 nitrogen and oxygen atoms in total. The van der Waals surface area contributed by atoms with Crippen molar-refractivity contribution < 1.29 is 14.2 Å². The SMILES string of the molecule is O=C(Cc1cccc2ccccc12)Nc1nonc1NC(=O)Cc1cccc2ccccc12. The zero-order chi connectivity index (χ0) is 22.6. The molecule has 0 aliphatic rings. The topological polar surface area (TPSA) is 97.1 Å². The Bertz CT molecular complexity index is 1350. The van der Waals surface area contributed by atoms with E-state index in [1.807, 2.05) is 84.9 Å². The second kappa shape index (κ2) is 8.92. The predicted octanol–water partition coefficient (Wildman–Crippen LogP) is 4.74. The first kappa shape index (κ1) is 20.4. The highest BCUT2D eigenvalue weighted by Gasteiger charge is 2.17. The standard InChI is InChI=1S/C26H20N4O3/c31-23(15-19-11-5-9-17-7-1-3-13-21(17)19)27-25-26(30-33-29-25)28-24(32)16-20-12-6-10-18-8-2-4-14-22(18)20/h1-14H,15-16H2,(H,27,29,31)(H,28,30,32). The van der Waals surface area contributed by atoms with E-state index in [2.05, 4.69) is 20.9 Å². The number of carbonyl (C=O) groups is 2. The molecule has 0 atom stereocenters. The Morgan fingerprint density at radius 1 is 0.606 bits per heavy atom. The van der Waals surface area contributed by atoms with Gasteiger partial charge in [0.05, 0.1) is 12.8 Å². The maximum absolute atomic E-state index is 12.7. The van der Waals surface area contributed by atoms with Crippen LogP contribution in [0.4, 0.5) is 11.6 Å². The maximum atomic E-state index is 12.7. The molecule has 0 aliphatic heterocycles. The minimum atomic E-state index is -0.286. The lowest BCUT2D eigenvalue weighted by Crippen LogP contribution is -2.19. The average Bonchev–Trinajstić information content (AvgIpc) is 3.25. The van der Waals surface area contributed by atoms with Crippen molar-refractivity contribution in [2.75, 3.05) is 10.6 Å². The number of hydrogen-bond acceptors (Lipinski definition) is 5. The summed E-state index contributed by atoms with van der Waals surface area (Å²) in [5.74, 6) is -0.420. The molecule has 1 aromatic heterocycles. The molecule has 162 valence electrons. The van der Waals surface area contributed by atoms with E-state index in [9.17, 15) is 9.59 Å². The van der Waals surface area contributed by atoms with E-state index in [1.165, 1.54) is 0 Å². The zero-order valence-electron chi connectivity index (χ0n) is 17.6. The molecule has 5 aromatic rings. The minimum Gasteiger partial charge on any atom is -0.304 e. The first-order valence-electron chi connectivity index (χ1n) is 10.5. The Morgan fingerprint density at radius 2 is 1.03 bits per heavy atom. The Balaban J connectivity index is 1.27. The molecule has 0 saturated carbocycles. The molecule has 0 spiro atoms. The number of fused-ring (bicyclic) bond motifs is 2. The van der Waals surface area contributed by atoms with Crippen molar-refractivity contribution >= 4 is 45.0 Å². The summed E-state index contributed by atoms with van der Waals surface area (Å²) in [6.45, 7) is 0. The fraction of sp³-hybridized carbons (Fsp3) is 0.0769. The summed E-state index contributed by atoms with van der Waals surface area (Å²) >= 11 is 0. The predicted molar refractivity (Wildman–Crippen MR) is 127 cm³/mol. The molecule has 33 heavy (non-hydrogen) atoms. The zero-order valence-corrected chi connectivity index (χ0v) is 17.6. The number of nitrogens with one attached hydrogen (secondary N) is 2. The van der Waals surface area contributed by atoms with Crippen molar-refractivity contribution in [1.82, 2.24) is 10.3 Å². The summed E-state index contributed by atoms with van der Waals surface area (Å²) in [5, 5.41) is 17.0. The van der Waals surface area contributed by atoms with Crippen molar-refractivity contribution in [3.8, 4) is 0 Å². The van der Waals surface area contributed by atoms with E-state index in [1.54, 1.807) is 0 Å². The van der Waals surface area contributed by atoms with Crippen LogP contribution in [-0.4, -0.2) is 22.1 Å². The number of carbonyl (C=O) groups excluding carboxylic acids is 2. The number of hydrogen-bond donors (Lipinski definition) is 2. The highest BCUT2D eigenvalue weighted by atomic mass is 16.6. The summed E-state index contributed by atoms with van der Waals surface area (Å²) < 4.78 is 4.76. The van der Waals surface area contributed by atoms with E-state index >= 15 is 0 Å². The molecule has 0 aliphatic carbocycles. The fourth-order valence-electron chi connectivity index (χ4n) is 3.94. The molecule has 5 rings (SSSR count). The first-order chi connectivity index (χ1) is 16.2. The quantitative estimate of drug-likeness (QED) is 0.401. The molecule has 0 saturated heterocycles. The molecule has 1 heterocycles. The van der Waals surface area contributed by atoms with Gasteiger partial charge in [0, 0.05) is 0 Å². The van der Waals surface area contributed by atoms with E-state index in [4.69, 9.17) is 4.63 Å². The first-order valence-corrected chi connectivity index (χ1v) is 10.5. The summed E-state index contributed by atoms with van der Waals surface area (Å²) in [4.78, 5) is 25.3. The largest absolute Gasteiger partial charge is 0.304 e. The van der Waals surface area contributed by atoms with Crippen LogP contribution < -0.4 is 10.6 Å². The fourth-order valence-corrected chi connectivity index (χ4v) is 3.94. The van der Waals surface area contributed by atoms with E-state index in [0.717, 1.165) is 32.7 Å². The monoisotopic (exact) mass is 436 g/mol. The molecule has 0 bridgehead atoms. The molecule has 2 amide bonds. The minimum absolute atomic E-state index is 0.0755. The Kier molecular flexibility index (Phi) is 5.51. The van der Waals surface area contributed by atoms with Gasteiger partial charge in [-0.3, -0.25) is 9.59 Å². The van der Waals surface area contributed by atoms with Crippen LogP contribution in [0.2, 0.25) is 0 Å². The van der Waals surface area contributed by atoms with Crippen LogP contribution in [0, 0.1) is 0 Å². The molecular weight excluding hydrogens is 416 g/mol. The van der Waals surface area contributed by atoms with Gasteiger partial charge in [-0.2, -0.15) is 0 Å². The Hall–Kier alpha value is -4.52. The van der Waals surface area contributed by atoms with Crippen LogP contribution in [0.3, 0.4) is 0 Å². The van der Waals surface area contributed by atoms with Crippen LogP contribution in [0.1, 0.15) is 11.1 Å². The third-order valence-corrected chi connectivity index (χ3v) is 5.47. The number of amides is 2. The van der Waals surface area contributed by atoms with E-state index in [-0.39, 0.29) is 36.3 Å². The van der Waals surface area contributed by atoms with Crippen molar-refractivity contribution in [2.24, 2.45) is 0 Å². The average molecular weight is 436 g/mol. The van der Waals surface area contributed by atoms with Crippen LogP contribution in [0.5, 0.6) is 0 Å². The van der Waals surface area contributed by atoms with Crippen molar-refractivity contribution in [3.63, 3.8) is 0 Å². The number of anilines is 2. The molecular formula is C26H20N4O3. The van der Waals surface area contributed by atoms with Crippen molar-refractivity contribution in [1.29, 1.82) is 0 Å². The maximum Gasteiger partial charge on any atom is 0.230 e. The molecule has 0 fully saturated rings. The second-order valence-corrected chi connectivity index (χ2v) is 7.69. The molecule has 7 heteroatoms. The number of benzene rings is 4. The second-order valence-electron chi connectivity index (χ2n) is 7.69. The summed E-state index contributed by atoms with van der Waals surface area (Å²) in [5.41, 5.74) is 1.78. The third kappa shape index (κ3) is 4.43. The Labute approximate surface area is 189 Å². The smallest absolute Gasteiger partial charge is 0.230 e. The summed E-state index contributed by atoms with van der Waals surface area (Å²) in [6, 6.07) is 27.4. The lowest BCUT2D eigenvalue weighted by molar-refractivity contribution is -0.116. The van der Waals surface area contributed by atoms with Gasteiger partial charge in [0.1, 0.15) is 0 Å². The highest BCUT2D eigenvalue weighted by molar-refractivity contribution is 6.00. The van der Waals surface area contributed by atoms with Crippen LogP contribution in [0.15, 0.2) is 89.6 Å². The summed E-state index contributed by atoms with van der Waals surface area (Å²) in [6.07, 6.45) is 0.301. The van der Waals surface area contributed by atoms with Crippen LogP contribution in [-0.2, 0) is 22.4 Å². The number of aromatic nitrogens is 2. The van der Waals surface area contributed by atoms with Gasteiger partial charge in [-0.15, -0.1) is 0 Å². The van der Waals surface area contributed by atoms with Crippen molar-refractivity contribution in [2.45, 2.75) is 12.8 Å². The van der Waals surface area contributed by atoms with Gasteiger partial charge < -0.3 is 10.6 Å². The van der Waals surface area contributed by atoms with Crippen molar-refractivity contribution in [3.05, 3.63) is 96.1 Å². The van der Waals surface area contributed by atoms with Gasteiger partial charge in [-0.05, 0) is 43.0 Å². The third-order valence-electron chi connectivity index (χ3n) is 5.47. The van der Waals surface area contributed by atoms with Gasteiger partial charge in [0.15, 0.2) is 0 Å². The van der Waals surface area contributed by atoms with Gasteiger partial charge in [0.25, 0.3) is 0 Å². The molecule has 2 N–H and O–H groups in total. The summed E-state index contributed by atoms with van der Waals surface area (Å²) in [7, 11) is 0. The van der Waals surface area contributed by atoms with Gasteiger partial charge in [0.2, 0.25) is 23.5 Å². The molecule has 0 radical (unpaired) electrons. The van der Waals surface area contributed by atoms with E-state index in [0.29, 0.717) is 0 Å². The van der Waals surface area contributed by atoms with Gasteiger partial charge >= 0.3 is 0 Å². The van der Waals surface area contributed by atoms with E-state index < -0.39 is 0 Å². The number of nitrogens with zero attached hydrogens (tertiary/aromatic N) is 2. The van der Waals surface area contributed by atoms with Crippen LogP contribution >= 0.6 is 0 Å². The van der Waals surface area contributed by atoms with Crippen LogP contribution in [0.25, 0.3) is 21.5 Å². The van der Waals surface area contributed by atoms with Gasteiger partial charge in [-0.1, -0.05) is 84.9 Å². The lowest BCUT2D eigenvalue weighted by atomic mass is 10.0. The molecule has 4 aromatic carbocycles. The van der Waals surface area contributed by atoms with Gasteiger partial charge in [-0.25, -0.2) is 4.63 Å². The molecule has 0 unspecified atom stereocenters.